The highest BCUT2D eigenvalue weighted by molar-refractivity contribution is 14.1. The molecule has 1 aromatic carbocycles. The summed E-state index contributed by atoms with van der Waals surface area (Å²) in [6.07, 6.45) is 5.63. The van der Waals surface area contributed by atoms with E-state index in [1.165, 1.54) is 12.8 Å². The minimum absolute atomic E-state index is 0.195. The minimum Gasteiger partial charge on any atom is -0.343 e. The fourth-order valence-corrected chi connectivity index (χ4v) is 3.12. The van der Waals surface area contributed by atoms with Gasteiger partial charge in [-0.2, -0.15) is 4.98 Å². The molecule has 23 heavy (non-hydrogen) atoms. The molecule has 0 bridgehead atoms. The van der Waals surface area contributed by atoms with Crippen LogP contribution in [0.25, 0.3) is 11.4 Å². The largest absolute Gasteiger partial charge is 0.343 e. The average Bonchev–Trinajstić information content (AvgIpc) is 2.86. The van der Waals surface area contributed by atoms with Crippen molar-refractivity contribution in [1.82, 2.24) is 15.0 Å². The molecule has 0 spiro atoms. The van der Waals surface area contributed by atoms with Gasteiger partial charge in [0.15, 0.2) is 0 Å². The van der Waals surface area contributed by atoms with Crippen LogP contribution in [0.2, 0.25) is 0 Å². The van der Waals surface area contributed by atoms with Crippen LogP contribution in [0.3, 0.4) is 0 Å². The summed E-state index contributed by atoms with van der Waals surface area (Å²) in [5, 5.41) is 4.01. The van der Waals surface area contributed by atoms with Gasteiger partial charge in [0.1, 0.15) is 0 Å². The molecule has 1 aliphatic rings. The van der Waals surface area contributed by atoms with E-state index >= 15 is 0 Å². The molecule has 1 saturated heterocycles. The number of rotatable bonds is 4. The summed E-state index contributed by atoms with van der Waals surface area (Å²) in [5.74, 6) is 1.31. The van der Waals surface area contributed by atoms with Gasteiger partial charge in [-0.3, -0.25) is 4.79 Å². The lowest BCUT2D eigenvalue weighted by Gasteiger charge is -2.19. The second kappa shape index (κ2) is 7.90. The van der Waals surface area contributed by atoms with Crippen molar-refractivity contribution < 1.29 is 9.32 Å². The maximum atomic E-state index is 12.3. The van der Waals surface area contributed by atoms with Crippen molar-refractivity contribution in [2.75, 3.05) is 13.1 Å². The lowest BCUT2D eigenvalue weighted by molar-refractivity contribution is -0.131. The van der Waals surface area contributed by atoms with Crippen LogP contribution in [-0.2, 0) is 11.2 Å². The highest BCUT2D eigenvalue weighted by Crippen LogP contribution is 2.18. The van der Waals surface area contributed by atoms with Gasteiger partial charge in [-0.05, 0) is 47.6 Å². The van der Waals surface area contributed by atoms with E-state index in [1.54, 1.807) is 0 Å². The fraction of sp³-hybridized carbons (Fsp3) is 0.471. The highest BCUT2D eigenvalue weighted by Gasteiger charge is 2.17. The molecule has 122 valence electrons. The van der Waals surface area contributed by atoms with Crippen LogP contribution in [0, 0.1) is 3.57 Å². The number of hydrogen-bond acceptors (Lipinski definition) is 4. The van der Waals surface area contributed by atoms with E-state index < -0.39 is 0 Å². The zero-order chi connectivity index (χ0) is 16.1. The second-order valence-electron chi connectivity index (χ2n) is 5.81. The van der Waals surface area contributed by atoms with Crippen LogP contribution in [0.5, 0.6) is 0 Å². The average molecular weight is 425 g/mol. The van der Waals surface area contributed by atoms with Crippen molar-refractivity contribution >= 4 is 28.5 Å². The maximum Gasteiger partial charge on any atom is 0.227 e. The molecule has 2 heterocycles. The summed E-state index contributed by atoms with van der Waals surface area (Å²) in [5.41, 5.74) is 0.930. The van der Waals surface area contributed by atoms with Crippen molar-refractivity contribution in [2.45, 2.75) is 38.5 Å². The van der Waals surface area contributed by atoms with E-state index in [0.29, 0.717) is 24.6 Å². The number of aromatic nitrogens is 2. The van der Waals surface area contributed by atoms with Crippen molar-refractivity contribution in [1.29, 1.82) is 0 Å². The SMILES string of the molecule is O=C(CCc1nc(-c2ccc(I)cc2)no1)N1CCCCCC1. The monoisotopic (exact) mass is 425 g/mol. The third kappa shape index (κ3) is 4.53. The van der Waals surface area contributed by atoms with Gasteiger partial charge >= 0.3 is 0 Å². The first-order valence-electron chi connectivity index (χ1n) is 8.09. The van der Waals surface area contributed by atoms with Gasteiger partial charge in [0.25, 0.3) is 0 Å². The van der Waals surface area contributed by atoms with E-state index in [-0.39, 0.29) is 5.91 Å². The Morgan fingerprint density at radius 3 is 2.52 bits per heavy atom. The Bertz CT molecular complexity index is 646. The van der Waals surface area contributed by atoms with E-state index in [1.807, 2.05) is 29.2 Å². The summed E-state index contributed by atoms with van der Waals surface area (Å²) >= 11 is 2.26. The molecule has 3 rings (SSSR count). The smallest absolute Gasteiger partial charge is 0.227 e. The minimum atomic E-state index is 0.195. The molecule has 2 aromatic rings. The first-order chi connectivity index (χ1) is 11.2. The quantitative estimate of drug-likeness (QED) is 0.702. The molecule has 0 saturated carbocycles. The number of halogens is 1. The zero-order valence-corrected chi connectivity index (χ0v) is 15.2. The van der Waals surface area contributed by atoms with Crippen LogP contribution in [-0.4, -0.2) is 34.0 Å². The first kappa shape index (κ1) is 16.4. The Morgan fingerprint density at radius 2 is 1.83 bits per heavy atom. The Balaban J connectivity index is 1.56. The number of aryl methyl sites for hydroxylation is 1. The standard InChI is InChI=1S/C17H20IN3O2/c18-14-7-5-13(6-8-14)17-19-15(23-20-17)9-10-16(22)21-11-3-1-2-4-12-21/h5-8H,1-4,9-12H2. The molecule has 0 radical (unpaired) electrons. The van der Waals surface area contributed by atoms with Gasteiger partial charge in [0.2, 0.25) is 17.6 Å². The van der Waals surface area contributed by atoms with E-state index in [0.717, 1.165) is 35.1 Å². The molecule has 1 amide bonds. The summed E-state index contributed by atoms with van der Waals surface area (Å²) in [7, 11) is 0. The molecule has 0 aliphatic carbocycles. The van der Waals surface area contributed by atoms with Crippen molar-refractivity contribution in [3.63, 3.8) is 0 Å². The number of benzene rings is 1. The molecule has 1 aliphatic heterocycles. The highest BCUT2D eigenvalue weighted by atomic mass is 127. The number of carbonyl (C=O) groups excluding carboxylic acids is 1. The lowest BCUT2D eigenvalue weighted by Crippen LogP contribution is -2.31. The van der Waals surface area contributed by atoms with Crippen molar-refractivity contribution in [3.8, 4) is 11.4 Å². The predicted octanol–water partition coefficient (Wildman–Crippen LogP) is 3.68. The topological polar surface area (TPSA) is 59.2 Å². The van der Waals surface area contributed by atoms with Gasteiger partial charge in [0, 0.05) is 35.1 Å². The van der Waals surface area contributed by atoms with Gasteiger partial charge < -0.3 is 9.42 Å². The molecular formula is C17H20IN3O2. The number of amides is 1. The van der Waals surface area contributed by atoms with Gasteiger partial charge in [-0.1, -0.05) is 30.1 Å². The summed E-state index contributed by atoms with van der Waals surface area (Å²) in [6, 6.07) is 7.96. The predicted molar refractivity (Wildman–Crippen MR) is 95.8 cm³/mol. The van der Waals surface area contributed by atoms with Crippen molar-refractivity contribution in [2.24, 2.45) is 0 Å². The number of carbonyl (C=O) groups is 1. The number of likely N-dealkylation sites (tertiary alicyclic amines) is 1. The molecule has 6 heteroatoms. The van der Waals surface area contributed by atoms with Gasteiger partial charge in [0.05, 0.1) is 0 Å². The van der Waals surface area contributed by atoms with Crippen LogP contribution in [0.4, 0.5) is 0 Å². The summed E-state index contributed by atoms with van der Waals surface area (Å²) in [4.78, 5) is 18.6. The molecule has 0 N–H and O–H groups in total. The third-order valence-electron chi connectivity index (χ3n) is 4.08. The Labute approximate surface area is 149 Å². The Kier molecular flexibility index (Phi) is 5.64. The molecule has 1 fully saturated rings. The van der Waals surface area contributed by atoms with E-state index in [9.17, 15) is 4.79 Å². The zero-order valence-electron chi connectivity index (χ0n) is 13.0. The molecule has 0 atom stereocenters. The summed E-state index contributed by atoms with van der Waals surface area (Å²) in [6.45, 7) is 1.77. The Hall–Kier alpha value is -1.44. The second-order valence-corrected chi connectivity index (χ2v) is 7.06. The van der Waals surface area contributed by atoms with Crippen molar-refractivity contribution in [3.05, 3.63) is 33.7 Å². The molecule has 0 unspecified atom stereocenters. The lowest BCUT2D eigenvalue weighted by atomic mass is 10.2. The molecular weight excluding hydrogens is 405 g/mol. The van der Waals surface area contributed by atoms with Crippen LogP contribution in [0.1, 0.15) is 38.0 Å². The normalized spacial score (nSPS) is 15.4. The molecule has 5 nitrogen and oxygen atoms in total. The number of hydrogen-bond donors (Lipinski definition) is 0. The third-order valence-corrected chi connectivity index (χ3v) is 4.80. The first-order valence-corrected chi connectivity index (χ1v) is 9.16. The molecule has 1 aromatic heterocycles. The summed E-state index contributed by atoms with van der Waals surface area (Å²) < 4.78 is 6.44. The van der Waals surface area contributed by atoms with Gasteiger partial charge in [-0.25, -0.2) is 0 Å². The van der Waals surface area contributed by atoms with Crippen LogP contribution >= 0.6 is 22.6 Å². The maximum absolute atomic E-state index is 12.3. The van der Waals surface area contributed by atoms with Crippen LogP contribution < -0.4 is 0 Å². The van der Waals surface area contributed by atoms with Crippen LogP contribution in [0.15, 0.2) is 28.8 Å². The fourth-order valence-electron chi connectivity index (χ4n) is 2.76. The van der Waals surface area contributed by atoms with E-state index in [2.05, 4.69) is 32.7 Å². The number of nitrogens with zero attached hydrogens (tertiary/aromatic N) is 3. The Morgan fingerprint density at radius 1 is 1.13 bits per heavy atom. The van der Waals surface area contributed by atoms with Gasteiger partial charge in [-0.15, -0.1) is 0 Å². The van der Waals surface area contributed by atoms with E-state index in [4.69, 9.17) is 4.52 Å².